The van der Waals surface area contributed by atoms with E-state index in [0.29, 0.717) is 55.9 Å². The van der Waals surface area contributed by atoms with Crippen molar-refractivity contribution in [3.05, 3.63) is 65.5 Å². The van der Waals surface area contributed by atoms with E-state index >= 15 is 0 Å². The van der Waals surface area contributed by atoms with Gasteiger partial charge in [0.05, 0.1) is 7.11 Å². The SMILES string of the molecule is COc1cccc(C(=O)N[C@H](C(=O)N2CCCC2)C2CCN(C(=O)c3ccc(F)cc3)CC2)c1. The van der Waals surface area contributed by atoms with Gasteiger partial charge in [0.1, 0.15) is 17.6 Å². The van der Waals surface area contributed by atoms with Crippen molar-refractivity contribution in [2.24, 2.45) is 5.92 Å². The largest absolute Gasteiger partial charge is 0.497 e. The summed E-state index contributed by atoms with van der Waals surface area (Å²) in [5, 5.41) is 2.98. The van der Waals surface area contributed by atoms with Crippen LogP contribution in [0.4, 0.5) is 4.39 Å². The van der Waals surface area contributed by atoms with Gasteiger partial charge in [-0.25, -0.2) is 4.39 Å². The fourth-order valence-corrected chi connectivity index (χ4v) is 4.72. The molecule has 2 aromatic rings. The number of halogens is 1. The maximum absolute atomic E-state index is 13.4. The lowest BCUT2D eigenvalue weighted by Gasteiger charge is -2.37. The molecule has 1 N–H and O–H groups in total. The van der Waals surface area contributed by atoms with Crippen molar-refractivity contribution in [3.8, 4) is 5.75 Å². The summed E-state index contributed by atoms with van der Waals surface area (Å²) < 4.78 is 18.4. The molecule has 2 aliphatic rings. The Balaban J connectivity index is 1.46. The van der Waals surface area contributed by atoms with Crippen LogP contribution in [-0.2, 0) is 4.79 Å². The van der Waals surface area contributed by atoms with E-state index in [-0.39, 0.29) is 29.5 Å². The zero-order valence-corrected chi connectivity index (χ0v) is 19.3. The summed E-state index contributed by atoms with van der Waals surface area (Å²) in [4.78, 5) is 42.8. The summed E-state index contributed by atoms with van der Waals surface area (Å²) in [6.07, 6.45) is 3.12. The average molecular weight is 468 g/mol. The molecule has 2 heterocycles. The molecule has 0 bridgehead atoms. The molecule has 0 spiro atoms. The molecule has 0 aliphatic carbocycles. The highest BCUT2D eigenvalue weighted by Gasteiger charge is 2.37. The minimum absolute atomic E-state index is 0.0583. The number of likely N-dealkylation sites (tertiary alicyclic amines) is 2. The molecule has 2 saturated heterocycles. The molecule has 34 heavy (non-hydrogen) atoms. The van der Waals surface area contributed by atoms with E-state index in [0.717, 1.165) is 12.8 Å². The Kier molecular flexibility index (Phi) is 7.45. The fourth-order valence-electron chi connectivity index (χ4n) is 4.72. The molecule has 2 fully saturated rings. The predicted molar refractivity (Wildman–Crippen MR) is 125 cm³/mol. The molecule has 3 amide bonds. The molecular formula is C26H30FN3O4. The fraction of sp³-hybridized carbons (Fsp3) is 0.423. The number of ether oxygens (including phenoxy) is 1. The van der Waals surface area contributed by atoms with Crippen LogP contribution in [0.3, 0.4) is 0 Å². The quantitative estimate of drug-likeness (QED) is 0.708. The molecule has 8 heteroatoms. The van der Waals surface area contributed by atoms with Gasteiger partial charge in [-0.1, -0.05) is 6.07 Å². The van der Waals surface area contributed by atoms with Crippen molar-refractivity contribution in [1.29, 1.82) is 0 Å². The van der Waals surface area contributed by atoms with E-state index in [9.17, 15) is 18.8 Å². The highest BCUT2D eigenvalue weighted by atomic mass is 19.1. The number of carbonyl (C=O) groups excluding carboxylic acids is 3. The second kappa shape index (κ2) is 10.7. The lowest BCUT2D eigenvalue weighted by atomic mass is 9.88. The van der Waals surface area contributed by atoms with E-state index < -0.39 is 6.04 Å². The lowest BCUT2D eigenvalue weighted by Crippen LogP contribution is -2.54. The van der Waals surface area contributed by atoms with E-state index in [1.165, 1.54) is 31.4 Å². The number of nitrogens with zero attached hydrogens (tertiary/aromatic N) is 2. The second-order valence-electron chi connectivity index (χ2n) is 8.85. The Morgan fingerprint density at radius 1 is 0.941 bits per heavy atom. The van der Waals surface area contributed by atoms with Gasteiger partial charge in [-0.05, 0) is 74.1 Å². The Labute approximate surface area is 198 Å². The Hall–Kier alpha value is -3.42. The Morgan fingerprint density at radius 2 is 1.62 bits per heavy atom. The maximum Gasteiger partial charge on any atom is 0.253 e. The van der Waals surface area contributed by atoms with Crippen molar-refractivity contribution in [1.82, 2.24) is 15.1 Å². The number of piperidine rings is 1. The van der Waals surface area contributed by atoms with E-state index in [1.807, 2.05) is 4.90 Å². The highest BCUT2D eigenvalue weighted by Crippen LogP contribution is 2.25. The minimum atomic E-state index is -0.653. The van der Waals surface area contributed by atoms with Crippen molar-refractivity contribution in [2.75, 3.05) is 33.3 Å². The molecule has 4 rings (SSSR count). The van der Waals surface area contributed by atoms with Gasteiger partial charge in [-0.15, -0.1) is 0 Å². The third-order valence-electron chi connectivity index (χ3n) is 6.69. The van der Waals surface area contributed by atoms with Crippen molar-refractivity contribution in [2.45, 2.75) is 31.7 Å². The number of methoxy groups -OCH3 is 1. The van der Waals surface area contributed by atoms with Crippen LogP contribution in [0.15, 0.2) is 48.5 Å². The van der Waals surface area contributed by atoms with Gasteiger partial charge in [0.2, 0.25) is 5.91 Å². The van der Waals surface area contributed by atoms with Crippen LogP contribution < -0.4 is 10.1 Å². The predicted octanol–water partition coefficient (Wildman–Crippen LogP) is 3.11. The maximum atomic E-state index is 13.4. The Bertz CT molecular complexity index is 1030. The topological polar surface area (TPSA) is 79.0 Å². The van der Waals surface area contributed by atoms with Crippen LogP contribution in [0.2, 0.25) is 0 Å². The number of nitrogens with one attached hydrogen (secondary N) is 1. The molecule has 180 valence electrons. The standard InChI is InChI=1S/C26H30FN3O4/c1-34-22-6-4-5-20(17-22)24(31)28-23(26(33)29-13-2-3-14-29)18-11-15-30(16-12-18)25(32)19-7-9-21(27)10-8-19/h4-10,17-18,23H,2-3,11-16H2,1H3,(H,28,31)/t23-/m0/s1. The molecule has 1 atom stereocenters. The summed E-state index contributed by atoms with van der Waals surface area (Å²) in [6.45, 7) is 2.35. The molecule has 2 aromatic carbocycles. The number of hydrogen-bond acceptors (Lipinski definition) is 4. The summed E-state index contributed by atoms with van der Waals surface area (Å²) >= 11 is 0. The van der Waals surface area contributed by atoms with Crippen LogP contribution in [0.25, 0.3) is 0 Å². The number of benzene rings is 2. The molecular weight excluding hydrogens is 437 g/mol. The first-order valence-electron chi connectivity index (χ1n) is 11.7. The summed E-state index contributed by atoms with van der Waals surface area (Å²) in [5.74, 6) is -0.424. The second-order valence-corrected chi connectivity index (χ2v) is 8.85. The molecule has 2 aliphatic heterocycles. The smallest absolute Gasteiger partial charge is 0.253 e. The lowest BCUT2D eigenvalue weighted by molar-refractivity contribution is -0.134. The summed E-state index contributed by atoms with van der Waals surface area (Å²) in [7, 11) is 1.54. The van der Waals surface area contributed by atoms with Crippen LogP contribution in [0.5, 0.6) is 5.75 Å². The first kappa shape index (κ1) is 23.7. The van der Waals surface area contributed by atoms with Crippen molar-refractivity contribution < 1.29 is 23.5 Å². The number of rotatable bonds is 6. The van der Waals surface area contributed by atoms with E-state index in [1.54, 1.807) is 29.2 Å². The average Bonchev–Trinajstić information content (AvgIpc) is 3.42. The van der Waals surface area contributed by atoms with Crippen molar-refractivity contribution >= 4 is 17.7 Å². The number of amides is 3. The molecule has 0 radical (unpaired) electrons. The van der Waals surface area contributed by atoms with Gasteiger partial charge in [0.25, 0.3) is 11.8 Å². The minimum Gasteiger partial charge on any atom is -0.497 e. The first-order valence-corrected chi connectivity index (χ1v) is 11.7. The number of carbonyl (C=O) groups is 3. The molecule has 0 aromatic heterocycles. The summed E-state index contributed by atoms with van der Waals surface area (Å²) in [5.41, 5.74) is 0.873. The van der Waals surface area contributed by atoms with Gasteiger partial charge < -0.3 is 19.9 Å². The van der Waals surface area contributed by atoms with Gasteiger partial charge in [-0.3, -0.25) is 14.4 Å². The molecule has 0 saturated carbocycles. The summed E-state index contributed by atoms with van der Waals surface area (Å²) in [6, 6.07) is 11.7. The zero-order valence-electron chi connectivity index (χ0n) is 19.3. The van der Waals surface area contributed by atoms with E-state index in [4.69, 9.17) is 4.74 Å². The van der Waals surface area contributed by atoms with Crippen LogP contribution >= 0.6 is 0 Å². The molecule has 0 unspecified atom stereocenters. The van der Waals surface area contributed by atoms with Crippen LogP contribution in [-0.4, -0.2) is 66.9 Å². The number of hydrogen-bond donors (Lipinski definition) is 1. The Morgan fingerprint density at radius 3 is 2.26 bits per heavy atom. The highest BCUT2D eigenvalue weighted by molar-refractivity contribution is 5.98. The van der Waals surface area contributed by atoms with Crippen LogP contribution in [0, 0.1) is 11.7 Å². The third-order valence-corrected chi connectivity index (χ3v) is 6.69. The monoisotopic (exact) mass is 467 g/mol. The normalized spacial score (nSPS) is 17.4. The van der Waals surface area contributed by atoms with Crippen LogP contribution in [0.1, 0.15) is 46.4 Å². The van der Waals surface area contributed by atoms with Gasteiger partial charge in [0.15, 0.2) is 0 Å². The van der Waals surface area contributed by atoms with Crippen molar-refractivity contribution in [3.63, 3.8) is 0 Å². The zero-order chi connectivity index (χ0) is 24.1. The van der Waals surface area contributed by atoms with Gasteiger partial charge in [-0.2, -0.15) is 0 Å². The molecule has 7 nitrogen and oxygen atoms in total. The van der Waals surface area contributed by atoms with Gasteiger partial charge >= 0.3 is 0 Å². The van der Waals surface area contributed by atoms with E-state index in [2.05, 4.69) is 5.32 Å². The van der Waals surface area contributed by atoms with Gasteiger partial charge in [0, 0.05) is 37.3 Å². The third kappa shape index (κ3) is 5.38. The first-order chi connectivity index (χ1) is 16.5.